The van der Waals surface area contributed by atoms with Crippen LogP contribution in [0.3, 0.4) is 0 Å². The quantitative estimate of drug-likeness (QED) is 0.775. The molecule has 0 saturated carbocycles. The highest BCUT2D eigenvalue weighted by molar-refractivity contribution is 5.35. The molecule has 2 heteroatoms. The van der Waals surface area contributed by atoms with E-state index in [-0.39, 0.29) is 0 Å². The van der Waals surface area contributed by atoms with Crippen molar-refractivity contribution in [2.45, 2.75) is 20.3 Å². The van der Waals surface area contributed by atoms with Crippen LogP contribution in [0.4, 0.5) is 0 Å². The van der Waals surface area contributed by atoms with Gasteiger partial charge in [-0.1, -0.05) is 12.1 Å². The van der Waals surface area contributed by atoms with Gasteiger partial charge in [0, 0.05) is 12.5 Å². The second kappa shape index (κ2) is 4.88. The van der Waals surface area contributed by atoms with E-state index >= 15 is 0 Å². The number of nitrogens with zero attached hydrogens (tertiary/aromatic N) is 1. The van der Waals surface area contributed by atoms with Crippen LogP contribution in [0.2, 0.25) is 0 Å². The van der Waals surface area contributed by atoms with Gasteiger partial charge in [0.05, 0.1) is 6.61 Å². The van der Waals surface area contributed by atoms with Gasteiger partial charge in [-0.3, -0.25) is 0 Å². The number of rotatable bonds is 3. The van der Waals surface area contributed by atoms with Crippen LogP contribution in [0, 0.1) is 19.8 Å². The molecule has 1 saturated heterocycles. The highest BCUT2D eigenvalue weighted by atomic mass is 16.5. The summed E-state index contributed by atoms with van der Waals surface area (Å²) in [6, 6.07) is 6.39. The van der Waals surface area contributed by atoms with E-state index in [1.165, 1.54) is 30.6 Å². The normalized spacial score (nSPS) is 21.3. The Morgan fingerprint density at radius 2 is 2.19 bits per heavy atom. The number of hydrogen-bond donors (Lipinski definition) is 0. The summed E-state index contributed by atoms with van der Waals surface area (Å²) in [5.74, 6) is 1.75. The zero-order valence-electron chi connectivity index (χ0n) is 10.5. The first-order valence-corrected chi connectivity index (χ1v) is 6.04. The Balaban J connectivity index is 1.91. The fraction of sp³-hybridized carbons (Fsp3) is 0.571. The highest BCUT2D eigenvalue weighted by Crippen LogP contribution is 2.21. The van der Waals surface area contributed by atoms with E-state index in [9.17, 15) is 0 Å². The zero-order chi connectivity index (χ0) is 11.5. The van der Waals surface area contributed by atoms with E-state index in [0.717, 1.165) is 12.4 Å². The standard InChI is InChI=1S/C14H21NO/c1-11-4-5-12(2)14(8-11)16-10-13-6-7-15(3)9-13/h4-5,8,13H,6-7,9-10H2,1-3H3. The Morgan fingerprint density at radius 3 is 2.88 bits per heavy atom. The highest BCUT2D eigenvalue weighted by Gasteiger charge is 2.19. The van der Waals surface area contributed by atoms with Gasteiger partial charge < -0.3 is 9.64 Å². The van der Waals surface area contributed by atoms with E-state index in [2.05, 4.69) is 44.0 Å². The molecule has 1 aromatic rings. The van der Waals surface area contributed by atoms with Crippen LogP contribution >= 0.6 is 0 Å². The Morgan fingerprint density at radius 1 is 1.38 bits per heavy atom. The van der Waals surface area contributed by atoms with Crippen LogP contribution in [-0.4, -0.2) is 31.6 Å². The largest absolute Gasteiger partial charge is 0.493 e. The number of ether oxygens (including phenoxy) is 1. The van der Waals surface area contributed by atoms with Crippen molar-refractivity contribution in [1.29, 1.82) is 0 Å². The summed E-state index contributed by atoms with van der Waals surface area (Å²) in [5.41, 5.74) is 2.50. The fourth-order valence-corrected chi connectivity index (χ4v) is 2.23. The summed E-state index contributed by atoms with van der Waals surface area (Å²) in [7, 11) is 2.18. The molecular formula is C14H21NO. The van der Waals surface area contributed by atoms with Crippen molar-refractivity contribution in [3.05, 3.63) is 29.3 Å². The molecule has 1 aliphatic heterocycles. The molecule has 2 nitrogen and oxygen atoms in total. The van der Waals surface area contributed by atoms with E-state index in [4.69, 9.17) is 4.74 Å². The molecule has 0 amide bonds. The molecule has 1 aromatic carbocycles. The molecule has 2 rings (SSSR count). The molecule has 1 fully saturated rings. The molecule has 0 bridgehead atoms. The molecule has 0 N–H and O–H groups in total. The molecule has 0 aromatic heterocycles. The van der Waals surface area contributed by atoms with E-state index in [0.29, 0.717) is 5.92 Å². The maximum atomic E-state index is 5.92. The lowest BCUT2D eigenvalue weighted by molar-refractivity contribution is 0.247. The number of likely N-dealkylation sites (tertiary alicyclic amines) is 1. The van der Waals surface area contributed by atoms with Crippen molar-refractivity contribution in [2.24, 2.45) is 5.92 Å². The molecule has 0 radical (unpaired) electrons. The second-order valence-electron chi connectivity index (χ2n) is 5.00. The third kappa shape index (κ3) is 2.76. The van der Waals surface area contributed by atoms with Crippen molar-refractivity contribution >= 4 is 0 Å². The number of aryl methyl sites for hydroxylation is 2. The van der Waals surface area contributed by atoms with Crippen LogP contribution in [0.25, 0.3) is 0 Å². The minimum atomic E-state index is 0.699. The van der Waals surface area contributed by atoms with Gasteiger partial charge in [0.1, 0.15) is 5.75 Å². The van der Waals surface area contributed by atoms with Crippen LogP contribution in [-0.2, 0) is 0 Å². The molecule has 0 aliphatic carbocycles. The first-order chi connectivity index (χ1) is 7.65. The fourth-order valence-electron chi connectivity index (χ4n) is 2.23. The van der Waals surface area contributed by atoms with Crippen molar-refractivity contribution < 1.29 is 4.74 Å². The summed E-state index contributed by atoms with van der Waals surface area (Å²) in [5, 5.41) is 0. The Bertz CT molecular complexity index is 362. The molecule has 1 atom stereocenters. The van der Waals surface area contributed by atoms with Crippen molar-refractivity contribution in [2.75, 3.05) is 26.7 Å². The molecular weight excluding hydrogens is 198 g/mol. The predicted molar refractivity (Wildman–Crippen MR) is 67.0 cm³/mol. The van der Waals surface area contributed by atoms with Gasteiger partial charge >= 0.3 is 0 Å². The maximum Gasteiger partial charge on any atom is 0.122 e. The maximum absolute atomic E-state index is 5.92. The van der Waals surface area contributed by atoms with Gasteiger partial charge in [-0.2, -0.15) is 0 Å². The van der Waals surface area contributed by atoms with E-state index < -0.39 is 0 Å². The van der Waals surface area contributed by atoms with E-state index in [1.54, 1.807) is 0 Å². The van der Waals surface area contributed by atoms with Gasteiger partial charge in [0.2, 0.25) is 0 Å². The molecule has 0 spiro atoms. The summed E-state index contributed by atoms with van der Waals surface area (Å²) in [6.07, 6.45) is 1.27. The number of hydrogen-bond acceptors (Lipinski definition) is 2. The first-order valence-electron chi connectivity index (χ1n) is 6.04. The third-order valence-electron chi connectivity index (χ3n) is 3.31. The minimum absolute atomic E-state index is 0.699. The minimum Gasteiger partial charge on any atom is -0.493 e. The molecule has 88 valence electrons. The molecule has 16 heavy (non-hydrogen) atoms. The monoisotopic (exact) mass is 219 g/mol. The predicted octanol–water partition coefficient (Wildman–Crippen LogP) is 2.63. The summed E-state index contributed by atoms with van der Waals surface area (Å²) < 4.78 is 5.92. The zero-order valence-corrected chi connectivity index (χ0v) is 10.5. The summed E-state index contributed by atoms with van der Waals surface area (Å²) >= 11 is 0. The topological polar surface area (TPSA) is 12.5 Å². The van der Waals surface area contributed by atoms with Crippen molar-refractivity contribution in [3.63, 3.8) is 0 Å². The Hall–Kier alpha value is -1.02. The first kappa shape index (κ1) is 11.5. The van der Waals surface area contributed by atoms with Gasteiger partial charge in [0.25, 0.3) is 0 Å². The van der Waals surface area contributed by atoms with Gasteiger partial charge in [-0.15, -0.1) is 0 Å². The van der Waals surface area contributed by atoms with Crippen LogP contribution in [0.1, 0.15) is 17.5 Å². The Kier molecular flexibility index (Phi) is 3.49. The van der Waals surface area contributed by atoms with Crippen LogP contribution in [0.15, 0.2) is 18.2 Å². The van der Waals surface area contributed by atoms with Crippen LogP contribution < -0.4 is 4.74 Å². The van der Waals surface area contributed by atoms with Gasteiger partial charge in [-0.05, 0) is 51.1 Å². The molecule has 1 heterocycles. The lowest BCUT2D eigenvalue weighted by Crippen LogP contribution is -2.18. The average Bonchev–Trinajstić information content (AvgIpc) is 2.66. The Labute approximate surface area is 98.2 Å². The smallest absolute Gasteiger partial charge is 0.122 e. The second-order valence-corrected chi connectivity index (χ2v) is 5.00. The molecule has 1 unspecified atom stereocenters. The summed E-state index contributed by atoms with van der Waals surface area (Å²) in [6.45, 7) is 7.45. The van der Waals surface area contributed by atoms with Crippen molar-refractivity contribution in [3.8, 4) is 5.75 Å². The van der Waals surface area contributed by atoms with E-state index in [1.807, 2.05) is 0 Å². The lowest BCUT2D eigenvalue weighted by atomic mass is 10.1. The van der Waals surface area contributed by atoms with Gasteiger partial charge in [0.15, 0.2) is 0 Å². The molecule has 1 aliphatic rings. The van der Waals surface area contributed by atoms with Crippen LogP contribution in [0.5, 0.6) is 5.75 Å². The lowest BCUT2D eigenvalue weighted by Gasteiger charge is -2.14. The average molecular weight is 219 g/mol. The third-order valence-corrected chi connectivity index (χ3v) is 3.31. The van der Waals surface area contributed by atoms with Crippen molar-refractivity contribution in [1.82, 2.24) is 4.90 Å². The summed E-state index contributed by atoms with van der Waals surface area (Å²) in [4.78, 5) is 2.37. The SMILES string of the molecule is Cc1ccc(C)c(OCC2CCN(C)C2)c1. The number of benzene rings is 1. The van der Waals surface area contributed by atoms with Gasteiger partial charge in [-0.25, -0.2) is 0 Å².